The second kappa shape index (κ2) is 12.0. The van der Waals surface area contributed by atoms with Gasteiger partial charge in [-0.15, -0.1) is 0 Å². The molecule has 2 aliphatic carbocycles. The van der Waals surface area contributed by atoms with Gasteiger partial charge in [0, 0.05) is 11.4 Å². The Hall–Kier alpha value is -5.67. The van der Waals surface area contributed by atoms with Gasteiger partial charge >= 0.3 is 12.0 Å². The van der Waals surface area contributed by atoms with Gasteiger partial charge in [0.15, 0.2) is 11.6 Å². The largest absolute Gasteiger partial charge is 0.478 e. The maximum Gasteiger partial charge on any atom is 0.339 e. The highest BCUT2D eigenvalue weighted by Crippen LogP contribution is 2.18. The topological polar surface area (TPSA) is 216 Å². The standard InChI is InChI=1S/C26H20N6O8S/c33-22-11-9-19(13-21(22)25(35)36)31-29-17-5-1-15(2-6-17)27-26(37)28-16-3-7-18(8-4-16)30-32-20-10-12-23(34)24(14-20)41(38,39)40/h1-14,29-30H,(H,35,36)(H2,27,28,37)(H,38,39,40)/b31-19-,32-20+. The third kappa shape index (κ3) is 7.69. The van der Waals surface area contributed by atoms with Gasteiger partial charge in [-0.3, -0.25) is 25.0 Å². The quantitative estimate of drug-likeness (QED) is 0.117. The van der Waals surface area contributed by atoms with E-state index in [1.807, 2.05) is 0 Å². The van der Waals surface area contributed by atoms with Gasteiger partial charge in [0.1, 0.15) is 10.5 Å². The minimum atomic E-state index is -4.68. The number of allylic oxidation sites excluding steroid dienone is 7. The Morgan fingerprint density at radius 2 is 1.10 bits per heavy atom. The fourth-order valence-corrected chi connectivity index (χ4v) is 3.92. The predicted molar refractivity (Wildman–Crippen MR) is 151 cm³/mol. The van der Waals surface area contributed by atoms with Crippen LogP contribution in [0.1, 0.15) is 0 Å². The molecule has 2 aliphatic rings. The number of carbonyl (C=O) groups excluding carboxylic acids is 3. The van der Waals surface area contributed by atoms with E-state index < -0.39 is 38.6 Å². The Balaban J connectivity index is 1.29. The number of amides is 2. The van der Waals surface area contributed by atoms with E-state index >= 15 is 0 Å². The molecule has 14 nitrogen and oxygen atoms in total. The zero-order chi connectivity index (χ0) is 29.6. The van der Waals surface area contributed by atoms with E-state index in [4.69, 9.17) is 9.66 Å². The summed E-state index contributed by atoms with van der Waals surface area (Å²) in [5.41, 5.74) is 7.36. The number of rotatable bonds is 8. The van der Waals surface area contributed by atoms with Crippen LogP contribution in [-0.4, -0.2) is 53.1 Å². The Morgan fingerprint density at radius 3 is 1.56 bits per heavy atom. The van der Waals surface area contributed by atoms with Crippen LogP contribution in [0.5, 0.6) is 0 Å². The van der Waals surface area contributed by atoms with Gasteiger partial charge in [0.25, 0.3) is 10.1 Å². The van der Waals surface area contributed by atoms with Crippen LogP contribution in [0.25, 0.3) is 0 Å². The molecule has 0 unspecified atom stereocenters. The lowest BCUT2D eigenvalue weighted by atomic mass is 10.0. The van der Waals surface area contributed by atoms with Crippen LogP contribution in [0.3, 0.4) is 0 Å². The van der Waals surface area contributed by atoms with Crippen LogP contribution >= 0.6 is 0 Å². The molecule has 0 fully saturated rings. The maximum absolute atomic E-state index is 12.4. The van der Waals surface area contributed by atoms with Crippen molar-refractivity contribution in [2.45, 2.75) is 0 Å². The van der Waals surface area contributed by atoms with Crippen LogP contribution in [-0.2, 0) is 24.5 Å². The van der Waals surface area contributed by atoms with E-state index in [1.165, 1.54) is 12.2 Å². The predicted octanol–water partition coefficient (Wildman–Crippen LogP) is 2.93. The molecule has 41 heavy (non-hydrogen) atoms. The summed E-state index contributed by atoms with van der Waals surface area (Å²) in [7, 11) is -4.68. The number of carboxylic acid groups (broad SMARTS) is 1. The Morgan fingerprint density at radius 1 is 0.659 bits per heavy atom. The first-order valence-electron chi connectivity index (χ1n) is 11.5. The molecule has 0 bridgehead atoms. The van der Waals surface area contributed by atoms with E-state index in [9.17, 15) is 27.6 Å². The van der Waals surface area contributed by atoms with Gasteiger partial charge < -0.3 is 15.7 Å². The van der Waals surface area contributed by atoms with Crippen LogP contribution < -0.4 is 21.5 Å². The fourth-order valence-electron chi connectivity index (χ4n) is 3.33. The molecule has 2 amide bonds. The second-order valence-electron chi connectivity index (χ2n) is 8.27. The first-order valence-corrected chi connectivity index (χ1v) is 13.0. The van der Waals surface area contributed by atoms with Crippen molar-refractivity contribution >= 4 is 67.9 Å². The average Bonchev–Trinajstić information content (AvgIpc) is 2.93. The van der Waals surface area contributed by atoms with Gasteiger partial charge in [-0.25, -0.2) is 9.59 Å². The summed E-state index contributed by atoms with van der Waals surface area (Å²) in [4.78, 5) is 45.8. The summed E-state index contributed by atoms with van der Waals surface area (Å²) in [5.74, 6) is -2.81. The van der Waals surface area contributed by atoms with Gasteiger partial charge in [-0.1, -0.05) is 0 Å². The van der Waals surface area contributed by atoms with Crippen molar-refractivity contribution in [2.75, 3.05) is 21.5 Å². The minimum absolute atomic E-state index is 0.0962. The molecule has 0 radical (unpaired) electrons. The molecule has 0 aliphatic heterocycles. The molecule has 2 aromatic carbocycles. The van der Waals surface area contributed by atoms with Crippen molar-refractivity contribution in [1.82, 2.24) is 0 Å². The van der Waals surface area contributed by atoms with E-state index in [0.717, 1.165) is 24.3 Å². The smallest absolute Gasteiger partial charge is 0.339 e. The second-order valence-corrected chi connectivity index (χ2v) is 9.66. The van der Waals surface area contributed by atoms with E-state index in [2.05, 4.69) is 31.7 Å². The van der Waals surface area contributed by atoms with Crippen molar-refractivity contribution in [2.24, 2.45) is 10.2 Å². The van der Waals surface area contributed by atoms with Crippen molar-refractivity contribution in [3.05, 3.63) is 95.5 Å². The molecule has 0 atom stereocenters. The molecule has 4 rings (SSSR count). The van der Waals surface area contributed by atoms with E-state index in [0.29, 0.717) is 22.7 Å². The molecular formula is C26H20N6O8S. The van der Waals surface area contributed by atoms with Gasteiger partial charge in [0.2, 0.25) is 0 Å². The SMILES string of the molecule is O=C(Nc1ccc(N/N=C2/C=CC(=O)C(C(=O)O)=C2)cc1)Nc1ccc(N/N=C2\C=CC(=O)C(S(=O)(=O)O)=C2)cc1. The lowest BCUT2D eigenvalue weighted by molar-refractivity contribution is -0.134. The van der Waals surface area contributed by atoms with Crippen LogP contribution in [0.4, 0.5) is 27.5 Å². The number of urea groups is 1. The van der Waals surface area contributed by atoms with E-state index in [1.54, 1.807) is 48.5 Å². The maximum atomic E-state index is 12.4. The number of carbonyl (C=O) groups is 4. The van der Waals surface area contributed by atoms with E-state index in [-0.39, 0.29) is 17.0 Å². The number of hydrazone groups is 2. The molecular weight excluding hydrogens is 556 g/mol. The fraction of sp³-hybridized carbons (Fsp3) is 0. The summed E-state index contributed by atoms with van der Waals surface area (Å²) in [6.07, 6.45) is 6.86. The summed E-state index contributed by atoms with van der Waals surface area (Å²) < 4.78 is 31.7. The molecule has 2 aromatic rings. The van der Waals surface area contributed by atoms with Crippen molar-refractivity contribution in [1.29, 1.82) is 0 Å². The lowest BCUT2D eigenvalue weighted by Gasteiger charge is -2.10. The first-order chi connectivity index (χ1) is 19.5. The molecule has 15 heteroatoms. The van der Waals surface area contributed by atoms with Gasteiger partial charge in [-0.05, 0) is 85.0 Å². The number of benzene rings is 2. The third-order valence-corrected chi connectivity index (χ3v) is 6.19. The number of hydrogen-bond donors (Lipinski definition) is 6. The molecule has 0 heterocycles. The zero-order valence-electron chi connectivity index (χ0n) is 20.7. The van der Waals surface area contributed by atoms with Crippen molar-refractivity contribution in [3.63, 3.8) is 0 Å². The zero-order valence-corrected chi connectivity index (χ0v) is 21.5. The molecule has 6 N–H and O–H groups in total. The molecule has 0 aromatic heterocycles. The highest BCUT2D eigenvalue weighted by molar-refractivity contribution is 7.91. The van der Waals surface area contributed by atoms with Crippen LogP contribution in [0, 0.1) is 0 Å². The van der Waals surface area contributed by atoms with Crippen LogP contribution in [0.15, 0.2) is 106 Å². The lowest BCUT2D eigenvalue weighted by Crippen LogP contribution is -2.19. The number of anilines is 4. The normalized spacial score (nSPS) is 16.7. The number of nitrogens with one attached hydrogen (secondary N) is 4. The summed E-state index contributed by atoms with van der Waals surface area (Å²) >= 11 is 0. The summed E-state index contributed by atoms with van der Waals surface area (Å²) in [6, 6.07) is 12.3. The number of carboxylic acids is 1. The van der Waals surface area contributed by atoms with Crippen molar-refractivity contribution < 1.29 is 37.3 Å². The molecule has 0 spiro atoms. The summed E-state index contributed by atoms with van der Waals surface area (Å²) in [6.45, 7) is 0. The summed E-state index contributed by atoms with van der Waals surface area (Å²) in [5, 5.41) is 22.4. The molecule has 0 saturated carbocycles. The van der Waals surface area contributed by atoms with Gasteiger partial charge in [-0.2, -0.15) is 18.6 Å². The Labute approximate surface area is 232 Å². The highest BCUT2D eigenvalue weighted by Gasteiger charge is 2.23. The number of aliphatic carboxylic acids is 1. The average molecular weight is 577 g/mol. The Kier molecular flexibility index (Phi) is 8.31. The van der Waals surface area contributed by atoms with Crippen molar-refractivity contribution in [3.8, 4) is 0 Å². The number of hydrogen-bond acceptors (Lipinski definition) is 10. The van der Waals surface area contributed by atoms with Gasteiger partial charge in [0.05, 0.1) is 22.8 Å². The van der Waals surface area contributed by atoms with Crippen LogP contribution in [0.2, 0.25) is 0 Å². The highest BCUT2D eigenvalue weighted by atomic mass is 32.2. The Bertz CT molecular complexity index is 1720. The monoisotopic (exact) mass is 576 g/mol. The third-order valence-electron chi connectivity index (χ3n) is 5.31. The first kappa shape index (κ1) is 28.3. The minimum Gasteiger partial charge on any atom is -0.478 e. The molecule has 0 saturated heterocycles. The molecule has 208 valence electrons. The number of nitrogens with zero attached hydrogens (tertiary/aromatic N) is 2. The number of ketones is 2.